The van der Waals surface area contributed by atoms with Crippen LogP contribution in [0, 0.1) is 16.0 Å². The number of carbonyl (C=O) groups excluding carboxylic acids is 2. The molecule has 0 saturated carbocycles. The molecule has 0 aliphatic carbocycles. The Balaban J connectivity index is 1.71. The second-order valence-electron chi connectivity index (χ2n) is 5.77. The average Bonchev–Trinajstić information content (AvgIpc) is 2.99. The first-order chi connectivity index (χ1) is 12.4. The largest absolute Gasteiger partial charge is 0.326 e. The predicted molar refractivity (Wildman–Crippen MR) is 98.6 cm³/mol. The van der Waals surface area contributed by atoms with E-state index in [4.69, 9.17) is 23.2 Å². The summed E-state index contributed by atoms with van der Waals surface area (Å²) in [5, 5.41) is 13.9. The van der Waals surface area contributed by atoms with Crippen molar-refractivity contribution in [1.29, 1.82) is 0 Å². The van der Waals surface area contributed by atoms with Gasteiger partial charge in [0.05, 0.1) is 26.6 Å². The van der Waals surface area contributed by atoms with Gasteiger partial charge < -0.3 is 10.2 Å². The molecular weight excluding hydrogens is 381 g/mol. The lowest BCUT2D eigenvalue weighted by Crippen LogP contribution is -2.28. The van der Waals surface area contributed by atoms with Gasteiger partial charge in [-0.25, -0.2) is 0 Å². The number of carbonyl (C=O) groups is 2. The summed E-state index contributed by atoms with van der Waals surface area (Å²) in [4.78, 5) is 36.3. The predicted octanol–water partition coefficient (Wildman–Crippen LogP) is 3.89. The molecule has 2 aromatic carbocycles. The number of benzene rings is 2. The minimum atomic E-state index is -0.562. The molecule has 0 unspecified atom stereocenters. The standard InChI is InChI=1S/C17H13Cl2N3O4/c18-13-2-1-3-14(16(13)19)21-9-10(8-15(21)23)17(24)20-11-4-6-12(7-5-11)22(25)26/h1-7,10H,8-9H2,(H,20,24)/t10-/m0/s1. The highest BCUT2D eigenvalue weighted by Gasteiger charge is 2.36. The van der Waals surface area contributed by atoms with E-state index >= 15 is 0 Å². The summed E-state index contributed by atoms with van der Waals surface area (Å²) in [7, 11) is 0. The van der Waals surface area contributed by atoms with E-state index in [2.05, 4.69) is 5.32 Å². The fraction of sp³-hybridized carbons (Fsp3) is 0.176. The summed E-state index contributed by atoms with van der Waals surface area (Å²) < 4.78 is 0. The van der Waals surface area contributed by atoms with E-state index in [0.717, 1.165) is 0 Å². The number of nitro benzene ring substituents is 1. The molecule has 3 rings (SSSR count). The summed E-state index contributed by atoms with van der Waals surface area (Å²) in [6.45, 7) is 0.178. The zero-order chi connectivity index (χ0) is 18.8. The molecule has 2 aromatic rings. The van der Waals surface area contributed by atoms with Crippen LogP contribution in [0.5, 0.6) is 0 Å². The van der Waals surface area contributed by atoms with E-state index in [1.807, 2.05) is 0 Å². The maximum atomic E-state index is 12.4. The molecule has 9 heteroatoms. The van der Waals surface area contributed by atoms with Gasteiger partial charge >= 0.3 is 0 Å². The number of halogens is 2. The van der Waals surface area contributed by atoms with Gasteiger partial charge in [-0.05, 0) is 24.3 Å². The highest BCUT2D eigenvalue weighted by molar-refractivity contribution is 6.44. The maximum absolute atomic E-state index is 12.4. The molecule has 26 heavy (non-hydrogen) atoms. The molecule has 0 spiro atoms. The Kier molecular flexibility index (Phi) is 5.11. The zero-order valence-electron chi connectivity index (χ0n) is 13.3. The molecule has 1 heterocycles. The first-order valence-corrected chi connectivity index (χ1v) is 8.42. The minimum absolute atomic E-state index is 0.0433. The molecule has 1 aliphatic rings. The Labute approximate surface area is 158 Å². The van der Waals surface area contributed by atoms with Gasteiger partial charge in [0.1, 0.15) is 0 Å². The molecule has 1 saturated heterocycles. The Morgan fingerprint density at radius 3 is 2.54 bits per heavy atom. The molecule has 134 valence electrons. The lowest BCUT2D eigenvalue weighted by Gasteiger charge is -2.18. The van der Waals surface area contributed by atoms with Gasteiger partial charge in [-0.2, -0.15) is 0 Å². The number of nitrogens with zero attached hydrogens (tertiary/aromatic N) is 2. The van der Waals surface area contributed by atoms with Gasteiger partial charge in [0.2, 0.25) is 11.8 Å². The fourth-order valence-electron chi connectivity index (χ4n) is 2.73. The van der Waals surface area contributed by atoms with E-state index in [1.54, 1.807) is 18.2 Å². The first-order valence-electron chi connectivity index (χ1n) is 7.66. The molecule has 1 N–H and O–H groups in total. The second kappa shape index (κ2) is 7.31. The van der Waals surface area contributed by atoms with Crippen LogP contribution < -0.4 is 10.2 Å². The monoisotopic (exact) mass is 393 g/mol. The molecule has 1 atom stereocenters. The third kappa shape index (κ3) is 3.63. The second-order valence-corrected chi connectivity index (χ2v) is 6.56. The molecule has 1 fully saturated rings. The van der Waals surface area contributed by atoms with E-state index in [-0.39, 0.29) is 35.5 Å². The normalized spacial score (nSPS) is 16.6. The number of nitro groups is 1. The summed E-state index contributed by atoms with van der Waals surface area (Å²) in [6, 6.07) is 10.5. The molecule has 0 bridgehead atoms. The van der Waals surface area contributed by atoms with Crippen LogP contribution in [-0.2, 0) is 9.59 Å². The van der Waals surface area contributed by atoms with Gasteiger partial charge in [-0.3, -0.25) is 19.7 Å². The van der Waals surface area contributed by atoms with Gasteiger partial charge in [-0.1, -0.05) is 29.3 Å². The zero-order valence-corrected chi connectivity index (χ0v) is 14.8. The molecule has 7 nitrogen and oxygen atoms in total. The molecule has 0 radical (unpaired) electrons. The van der Waals surface area contributed by atoms with Crippen molar-refractivity contribution in [3.63, 3.8) is 0 Å². The van der Waals surface area contributed by atoms with E-state index in [1.165, 1.54) is 29.2 Å². The SMILES string of the molecule is O=C(Nc1ccc([N+](=O)[O-])cc1)[C@H]1CC(=O)N(c2cccc(Cl)c2Cl)C1. The molecule has 2 amide bonds. The van der Waals surface area contributed by atoms with Crippen molar-refractivity contribution in [3.05, 3.63) is 62.6 Å². The smallest absolute Gasteiger partial charge is 0.269 e. The van der Waals surface area contributed by atoms with Gasteiger partial charge in [-0.15, -0.1) is 0 Å². The van der Waals surface area contributed by atoms with Crippen LogP contribution in [0.15, 0.2) is 42.5 Å². The third-order valence-corrected chi connectivity index (χ3v) is 4.87. The lowest BCUT2D eigenvalue weighted by molar-refractivity contribution is -0.384. The Hall–Kier alpha value is -2.64. The van der Waals surface area contributed by atoms with Crippen molar-refractivity contribution in [1.82, 2.24) is 0 Å². The fourth-order valence-corrected chi connectivity index (χ4v) is 3.13. The summed E-state index contributed by atoms with van der Waals surface area (Å²) >= 11 is 12.1. The quantitative estimate of drug-likeness (QED) is 0.629. The number of hydrogen-bond acceptors (Lipinski definition) is 4. The van der Waals surface area contributed by atoms with Crippen molar-refractivity contribution < 1.29 is 14.5 Å². The van der Waals surface area contributed by atoms with Crippen LogP contribution in [0.4, 0.5) is 17.1 Å². The van der Waals surface area contributed by atoms with Crippen LogP contribution in [-0.4, -0.2) is 23.3 Å². The van der Waals surface area contributed by atoms with Crippen molar-refractivity contribution in [2.45, 2.75) is 6.42 Å². The lowest BCUT2D eigenvalue weighted by atomic mass is 10.1. The number of amides is 2. The topological polar surface area (TPSA) is 92.5 Å². The van der Waals surface area contributed by atoms with Crippen LogP contribution in [0.1, 0.15) is 6.42 Å². The number of nitrogens with one attached hydrogen (secondary N) is 1. The van der Waals surface area contributed by atoms with Gasteiger partial charge in [0.15, 0.2) is 0 Å². The number of hydrogen-bond donors (Lipinski definition) is 1. The molecular formula is C17H13Cl2N3O4. The van der Waals surface area contributed by atoms with Crippen molar-refractivity contribution in [2.24, 2.45) is 5.92 Å². The van der Waals surface area contributed by atoms with E-state index in [9.17, 15) is 19.7 Å². The van der Waals surface area contributed by atoms with E-state index in [0.29, 0.717) is 16.4 Å². The summed E-state index contributed by atoms with van der Waals surface area (Å²) in [6.07, 6.45) is 0.0433. The van der Waals surface area contributed by atoms with Crippen molar-refractivity contribution in [3.8, 4) is 0 Å². The van der Waals surface area contributed by atoms with Gasteiger partial charge in [0.25, 0.3) is 5.69 Å². The Morgan fingerprint density at radius 1 is 1.19 bits per heavy atom. The Morgan fingerprint density at radius 2 is 1.88 bits per heavy atom. The maximum Gasteiger partial charge on any atom is 0.269 e. The van der Waals surface area contributed by atoms with Crippen LogP contribution in [0.25, 0.3) is 0 Å². The number of rotatable bonds is 4. The van der Waals surface area contributed by atoms with Crippen LogP contribution >= 0.6 is 23.2 Å². The number of non-ortho nitro benzene ring substituents is 1. The first kappa shape index (κ1) is 18.2. The molecule has 1 aliphatic heterocycles. The molecule has 0 aromatic heterocycles. The Bertz CT molecular complexity index is 886. The minimum Gasteiger partial charge on any atom is -0.326 e. The van der Waals surface area contributed by atoms with E-state index < -0.39 is 10.8 Å². The summed E-state index contributed by atoms with van der Waals surface area (Å²) in [5.41, 5.74) is 0.822. The number of anilines is 2. The van der Waals surface area contributed by atoms with Crippen LogP contribution in [0.2, 0.25) is 10.0 Å². The van der Waals surface area contributed by atoms with Gasteiger partial charge in [0, 0.05) is 30.8 Å². The highest BCUT2D eigenvalue weighted by Crippen LogP contribution is 2.35. The van der Waals surface area contributed by atoms with Crippen LogP contribution in [0.3, 0.4) is 0 Å². The third-order valence-electron chi connectivity index (χ3n) is 4.06. The summed E-state index contributed by atoms with van der Waals surface area (Å²) in [5.74, 6) is -1.13. The average molecular weight is 394 g/mol. The van der Waals surface area contributed by atoms with Crippen molar-refractivity contribution >= 4 is 52.1 Å². The van der Waals surface area contributed by atoms with Crippen molar-refractivity contribution in [2.75, 3.05) is 16.8 Å². The highest BCUT2D eigenvalue weighted by atomic mass is 35.5.